The van der Waals surface area contributed by atoms with Gasteiger partial charge in [-0.3, -0.25) is 14.4 Å². The number of amides is 3. The molecule has 0 aromatic heterocycles. The molecule has 1 aliphatic rings. The molecule has 0 atom stereocenters. The highest BCUT2D eigenvalue weighted by atomic mass is 16.2. The molecule has 3 aromatic rings. The summed E-state index contributed by atoms with van der Waals surface area (Å²) in [6, 6.07) is 21.7. The second kappa shape index (κ2) is 8.51. The van der Waals surface area contributed by atoms with E-state index in [1.807, 2.05) is 50.2 Å². The SMILES string of the molecule is CC(=O)Nc1ccc(NC2=C(c3ccc(C)cc3)C(=O)N(c3ccc(C)cc3)C2=O)cc1. The number of nitrogens with zero attached hydrogens (tertiary/aromatic N) is 1. The summed E-state index contributed by atoms with van der Waals surface area (Å²) in [5.41, 5.74) is 5.10. The Bertz CT molecular complexity index is 1220. The lowest BCUT2D eigenvalue weighted by atomic mass is 10.0. The fraction of sp³-hybridized carbons (Fsp3) is 0.115. The average Bonchev–Trinajstić information content (AvgIpc) is 3.00. The van der Waals surface area contributed by atoms with Crippen molar-refractivity contribution >= 4 is 40.4 Å². The number of nitrogens with one attached hydrogen (secondary N) is 2. The minimum absolute atomic E-state index is 0.166. The summed E-state index contributed by atoms with van der Waals surface area (Å²) in [7, 11) is 0. The third-order valence-corrected chi connectivity index (χ3v) is 5.19. The fourth-order valence-electron chi connectivity index (χ4n) is 3.55. The zero-order valence-corrected chi connectivity index (χ0v) is 18.1. The maximum Gasteiger partial charge on any atom is 0.282 e. The zero-order valence-electron chi connectivity index (χ0n) is 18.1. The number of hydrogen-bond donors (Lipinski definition) is 2. The molecule has 1 aliphatic heterocycles. The standard InChI is InChI=1S/C26H23N3O3/c1-16-4-8-19(9-5-16)23-24(28-21-12-10-20(11-13-21)27-18(3)30)26(32)29(25(23)31)22-14-6-17(2)7-15-22/h4-15,28H,1-3H3,(H,27,30). The van der Waals surface area contributed by atoms with E-state index < -0.39 is 5.91 Å². The first-order chi connectivity index (χ1) is 15.3. The van der Waals surface area contributed by atoms with Gasteiger partial charge in [-0.15, -0.1) is 0 Å². The second-order valence-electron chi connectivity index (χ2n) is 7.78. The minimum Gasteiger partial charge on any atom is -0.350 e. The topological polar surface area (TPSA) is 78.5 Å². The summed E-state index contributed by atoms with van der Waals surface area (Å²) in [6.07, 6.45) is 0. The molecule has 4 rings (SSSR count). The summed E-state index contributed by atoms with van der Waals surface area (Å²) in [5.74, 6) is -0.958. The predicted octanol–water partition coefficient (Wildman–Crippen LogP) is 4.66. The number of imide groups is 1. The third-order valence-electron chi connectivity index (χ3n) is 5.19. The lowest BCUT2D eigenvalue weighted by Gasteiger charge is -2.15. The Morgan fingerprint density at radius 1 is 0.719 bits per heavy atom. The average molecular weight is 425 g/mol. The molecule has 0 spiro atoms. The Balaban J connectivity index is 1.74. The highest BCUT2D eigenvalue weighted by molar-refractivity contribution is 6.46. The minimum atomic E-state index is -0.416. The zero-order chi connectivity index (χ0) is 22.8. The van der Waals surface area contributed by atoms with Crippen LogP contribution in [0.3, 0.4) is 0 Å². The van der Waals surface area contributed by atoms with Gasteiger partial charge in [-0.05, 0) is 55.8 Å². The molecule has 32 heavy (non-hydrogen) atoms. The lowest BCUT2D eigenvalue weighted by molar-refractivity contribution is -0.120. The first-order valence-corrected chi connectivity index (χ1v) is 10.2. The van der Waals surface area contributed by atoms with Crippen LogP contribution in [0.25, 0.3) is 5.57 Å². The van der Waals surface area contributed by atoms with Gasteiger partial charge in [0, 0.05) is 18.3 Å². The van der Waals surface area contributed by atoms with Gasteiger partial charge in [-0.2, -0.15) is 0 Å². The molecule has 3 aromatic carbocycles. The summed E-state index contributed by atoms with van der Waals surface area (Å²) in [4.78, 5) is 39.3. The smallest absolute Gasteiger partial charge is 0.282 e. The monoisotopic (exact) mass is 425 g/mol. The van der Waals surface area contributed by atoms with Crippen molar-refractivity contribution in [2.75, 3.05) is 15.5 Å². The lowest BCUT2D eigenvalue weighted by Crippen LogP contribution is -2.32. The van der Waals surface area contributed by atoms with Crippen molar-refractivity contribution in [3.8, 4) is 0 Å². The molecule has 6 nitrogen and oxygen atoms in total. The van der Waals surface area contributed by atoms with Gasteiger partial charge in [0.25, 0.3) is 11.8 Å². The Morgan fingerprint density at radius 2 is 1.25 bits per heavy atom. The first kappa shape index (κ1) is 21.1. The molecule has 0 unspecified atom stereocenters. The maximum absolute atomic E-state index is 13.4. The van der Waals surface area contributed by atoms with Gasteiger partial charge >= 0.3 is 0 Å². The highest BCUT2D eigenvalue weighted by Crippen LogP contribution is 2.34. The van der Waals surface area contributed by atoms with Crippen LogP contribution >= 0.6 is 0 Å². The largest absolute Gasteiger partial charge is 0.350 e. The molecule has 0 radical (unpaired) electrons. The predicted molar refractivity (Wildman–Crippen MR) is 126 cm³/mol. The van der Waals surface area contributed by atoms with Crippen LogP contribution in [-0.4, -0.2) is 17.7 Å². The van der Waals surface area contributed by atoms with Gasteiger partial charge in [0.05, 0.1) is 11.3 Å². The Labute approximate surface area is 186 Å². The number of hydrogen-bond acceptors (Lipinski definition) is 4. The maximum atomic E-state index is 13.4. The molecule has 6 heteroatoms. The number of carbonyl (C=O) groups excluding carboxylic acids is 3. The molecule has 0 bridgehead atoms. The van der Waals surface area contributed by atoms with Crippen LogP contribution in [0.15, 0.2) is 78.5 Å². The molecule has 0 aliphatic carbocycles. The van der Waals surface area contributed by atoms with Gasteiger partial charge in [-0.1, -0.05) is 47.5 Å². The summed E-state index contributed by atoms with van der Waals surface area (Å²) < 4.78 is 0. The van der Waals surface area contributed by atoms with Crippen molar-refractivity contribution in [1.82, 2.24) is 0 Å². The highest BCUT2D eigenvalue weighted by Gasteiger charge is 2.40. The van der Waals surface area contributed by atoms with E-state index in [1.165, 1.54) is 11.8 Å². The van der Waals surface area contributed by atoms with Crippen LogP contribution in [-0.2, 0) is 14.4 Å². The summed E-state index contributed by atoms with van der Waals surface area (Å²) in [6.45, 7) is 5.35. The van der Waals surface area contributed by atoms with Gasteiger partial charge in [0.15, 0.2) is 0 Å². The van der Waals surface area contributed by atoms with E-state index >= 15 is 0 Å². The van der Waals surface area contributed by atoms with Crippen molar-refractivity contribution < 1.29 is 14.4 Å². The quantitative estimate of drug-likeness (QED) is 0.583. The fourth-order valence-corrected chi connectivity index (χ4v) is 3.55. The van der Waals surface area contributed by atoms with Crippen LogP contribution in [0.2, 0.25) is 0 Å². The van der Waals surface area contributed by atoms with Crippen LogP contribution in [0.5, 0.6) is 0 Å². The van der Waals surface area contributed by atoms with Crippen LogP contribution in [0.4, 0.5) is 17.1 Å². The molecule has 0 saturated carbocycles. The van der Waals surface area contributed by atoms with Crippen LogP contribution < -0.4 is 15.5 Å². The van der Waals surface area contributed by atoms with Crippen LogP contribution in [0, 0.1) is 13.8 Å². The van der Waals surface area contributed by atoms with Gasteiger partial charge in [0.1, 0.15) is 5.70 Å². The third kappa shape index (κ3) is 4.16. The summed E-state index contributed by atoms with van der Waals surface area (Å²) in [5, 5.41) is 5.84. The van der Waals surface area contributed by atoms with Crippen molar-refractivity contribution in [3.05, 3.63) is 95.2 Å². The Hall–Kier alpha value is -4.19. The van der Waals surface area contributed by atoms with E-state index in [1.54, 1.807) is 36.4 Å². The number of aryl methyl sites for hydroxylation is 2. The van der Waals surface area contributed by atoms with E-state index in [-0.39, 0.29) is 17.5 Å². The second-order valence-corrected chi connectivity index (χ2v) is 7.78. The van der Waals surface area contributed by atoms with Gasteiger partial charge < -0.3 is 10.6 Å². The van der Waals surface area contributed by atoms with E-state index in [0.717, 1.165) is 11.1 Å². The van der Waals surface area contributed by atoms with Crippen LogP contribution in [0.1, 0.15) is 23.6 Å². The van der Waals surface area contributed by atoms with Crippen molar-refractivity contribution in [3.63, 3.8) is 0 Å². The van der Waals surface area contributed by atoms with E-state index in [2.05, 4.69) is 10.6 Å². The molecule has 0 fully saturated rings. The number of anilines is 3. The van der Waals surface area contributed by atoms with E-state index in [0.29, 0.717) is 28.2 Å². The Morgan fingerprint density at radius 3 is 1.81 bits per heavy atom. The van der Waals surface area contributed by atoms with E-state index in [9.17, 15) is 14.4 Å². The molecule has 1 heterocycles. The number of rotatable bonds is 5. The summed E-state index contributed by atoms with van der Waals surface area (Å²) >= 11 is 0. The van der Waals surface area contributed by atoms with Crippen molar-refractivity contribution in [1.29, 1.82) is 0 Å². The van der Waals surface area contributed by atoms with Crippen molar-refractivity contribution in [2.45, 2.75) is 20.8 Å². The number of benzene rings is 3. The van der Waals surface area contributed by atoms with Gasteiger partial charge in [-0.25, -0.2) is 4.90 Å². The van der Waals surface area contributed by atoms with E-state index in [4.69, 9.17) is 0 Å². The van der Waals surface area contributed by atoms with Crippen molar-refractivity contribution in [2.24, 2.45) is 0 Å². The van der Waals surface area contributed by atoms with Gasteiger partial charge in [0.2, 0.25) is 5.91 Å². The normalized spacial score (nSPS) is 13.5. The molecular formula is C26H23N3O3. The Kier molecular flexibility index (Phi) is 5.60. The molecule has 160 valence electrons. The molecule has 0 saturated heterocycles. The molecule has 3 amide bonds. The first-order valence-electron chi connectivity index (χ1n) is 10.2. The number of carbonyl (C=O) groups is 3. The molecule has 2 N–H and O–H groups in total. The molecular weight excluding hydrogens is 402 g/mol.